The monoisotopic (exact) mass is 347 g/mol. The zero-order valence-corrected chi connectivity index (χ0v) is 12.2. The molecule has 0 heterocycles. The van der Waals surface area contributed by atoms with Crippen LogP contribution in [-0.4, -0.2) is 37.5 Å². The molecule has 6 N–H and O–H groups in total. The second kappa shape index (κ2) is 6.07. The number of nitriles is 1. The molecule has 0 aliphatic heterocycles. The summed E-state index contributed by atoms with van der Waals surface area (Å²) < 4.78 is 62.4. The van der Waals surface area contributed by atoms with E-state index in [1.54, 1.807) is 0 Å². The van der Waals surface area contributed by atoms with Crippen molar-refractivity contribution in [2.24, 2.45) is 10.8 Å². The van der Waals surface area contributed by atoms with Crippen LogP contribution in [0.4, 0.5) is 5.69 Å². The number of hydrogen-bond acceptors (Lipinski definition) is 8. The maximum atomic E-state index is 11.2. The van der Waals surface area contributed by atoms with Crippen LogP contribution in [0, 0.1) is 16.7 Å². The minimum Gasteiger partial charge on any atom is -0.382 e. The summed E-state index contributed by atoms with van der Waals surface area (Å²) in [5.74, 6) is -0.727. The molecule has 0 atom stereocenters. The predicted molar refractivity (Wildman–Crippen MR) is 74.7 cm³/mol. The normalized spacial score (nSPS) is 12.5. The topological polar surface area (TPSA) is 207 Å². The minimum absolute atomic E-state index is 0.549. The van der Waals surface area contributed by atoms with E-state index in [-0.39, 0.29) is 0 Å². The van der Waals surface area contributed by atoms with Gasteiger partial charge in [-0.05, 0) is 18.2 Å². The molecule has 1 rings (SSSR count). The van der Waals surface area contributed by atoms with Gasteiger partial charge >= 0.3 is 0 Å². The van der Waals surface area contributed by atoms with Gasteiger partial charge in [0.2, 0.25) is 5.71 Å². The zero-order valence-electron chi connectivity index (χ0n) is 10.5. The summed E-state index contributed by atoms with van der Waals surface area (Å²) in [5.41, 5.74) is 5.85. The molecule has 22 heavy (non-hydrogen) atoms. The summed E-state index contributed by atoms with van der Waals surface area (Å²) in [6.07, 6.45) is 0. The first-order valence-electron chi connectivity index (χ1n) is 5.14. The van der Waals surface area contributed by atoms with Gasteiger partial charge in [0.15, 0.2) is 5.84 Å². The summed E-state index contributed by atoms with van der Waals surface area (Å²) in [5, 5.41) is 19.0. The van der Waals surface area contributed by atoms with E-state index in [9.17, 15) is 16.8 Å². The number of hydrogen-bond donors (Lipinski definition) is 5. The van der Waals surface area contributed by atoms with Gasteiger partial charge in [0.05, 0.1) is 10.6 Å². The van der Waals surface area contributed by atoms with Crippen molar-refractivity contribution in [3.05, 3.63) is 18.2 Å². The van der Waals surface area contributed by atoms with Crippen LogP contribution in [-0.2, 0) is 20.2 Å². The maximum absolute atomic E-state index is 11.2. The molecular weight excluding hydrogens is 338 g/mol. The van der Waals surface area contributed by atoms with Gasteiger partial charge < -0.3 is 5.73 Å². The number of amidine groups is 1. The quantitative estimate of drug-likeness (QED) is 0.199. The van der Waals surface area contributed by atoms with Gasteiger partial charge in [-0.15, -0.1) is 0 Å². The lowest BCUT2D eigenvalue weighted by molar-refractivity contribution is 0.479. The van der Waals surface area contributed by atoms with Gasteiger partial charge in [-0.25, -0.2) is 0 Å². The van der Waals surface area contributed by atoms with Crippen LogP contribution < -0.4 is 11.2 Å². The average molecular weight is 347 g/mol. The molecule has 0 saturated carbocycles. The summed E-state index contributed by atoms with van der Waals surface area (Å²) in [6, 6.07) is 3.54. The van der Waals surface area contributed by atoms with Crippen LogP contribution in [0.2, 0.25) is 0 Å². The molecule has 0 unspecified atom stereocenters. The molecule has 13 heteroatoms. The first-order valence-corrected chi connectivity index (χ1v) is 8.02. The van der Waals surface area contributed by atoms with Gasteiger partial charge in [-0.1, -0.05) is 0 Å². The molecular formula is C9H9N5O6S2. The second-order valence-corrected chi connectivity index (χ2v) is 6.52. The number of nitrogens with one attached hydrogen (secondary N) is 2. The summed E-state index contributed by atoms with van der Waals surface area (Å²) in [7, 11) is -9.39. The Kier molecular flexibility index (Phi) is 4.84. The molecule has 0 aromatic heterocycles. The first kappa shape index (κ1) is 17.5. The Morgan fingerprint density at radius 3 is 2.27 bits per heavy atom. The number of anilines is 1. The van der Waals surface area contributed by atoms with E-state index in [1.165, 1.54) is 6.07 Å². The second-order valence-electron chi connectivity index (χ2n) is 3.71. The molecule has 1 aromatic carbocycles. The van der Waals surface area contributed by atoms with E-state index < -0.39 is 47.3 Å². The lowest BCUT2D eigenvalue weighted by Gasteiger charge is -2.08. The van der Waals surface area contributed by atoms with Gasteiger partial charge in [0, 0.05) is 0 Å². The van der Waals surface area contributed by atoms with Crippen molar-refractivity contribution in [2.75, 3.05) is 5.43 Å². The van der Waals surface area contributed by atoms with Crippen molar-refractivity contribution >= 4 is 37.5 Å². The van der Waals surface area contributed by atoms with Crippen LogP contribution in [0.25, 0.3) is 0 Å². The maximum Gasteiger partial charge on any atom is 0.296 e. The minimum atomic E-state index is -4.75. The third-order valence-corrected chi connectivity index (χ3v) is 3.94. The average Bonchev–Trinajstić information content (AvgIpc) is 2.36. The van der Waals surface area contributed by atoms with Gasteiger partial charge in [-0.3, -0.25) is 19.9 Å². The molecule has 1 aromatic rings. The molecule has 11 nitrogen and oxygen atoms in total. The Hall–Kier alpha value is -2.53. The van der Waals surface area contributed by atoms with E-state index in [2.05, 4.69) is 5.10 Å². The lowest BCUT2D eigenvalue weighted by Crippen LogP contribution is -2.22. The Balaban J connectivity index is 3.49. The van der Waals surface area contributed by atoms with Crippen molar-refractivity contribution < 1.29 is 25.9 Å². The smallest absolute Gasteiger partial charge is 0.296 e. The van der Waals surface area contributed by atoms with E-state index in [0.717, 1.165) is 6.07 Å². The van der Waals surface area contributed by atoms with E-state index in [1.807, 2.05) is 5.43 Å². The molecule has 0 aliphatic rings. The summed E-state index contributed by atoms with van der Waals surface area (Å²) in [4.78, 5) is -1.44. The van der Waals surface area contributed by atoms with Crippen molar-refractivity contribution in [2.45, 2.75) is 9.79 Å². The van der Waals surface area contributed by atoms with Gasteiger partial charge in [0.1, 0.15) is 11.0 Å². The number of rotatable bonds is 5. The Morgan fingerprint density at radius 1 is 1.27 bits per heavy atom. The van der Waals surface area contributed by atoms with E-state index in [0.29, 0.717) is 12.1 Å². The third kappa shape index (κ3) is 4.23. The van der Waals surface area contributed by atoms with Crippen molar-refractivity contribution in [3.63, 3.8) is 0 Å². The van der Waals surface area contributed by atoms with Crippen molar-refractivity contribution in [3.8, 4) is 6.07 Å². The molecule has 0 saturated heterocycles. The van der Waals surface area contributed by atoms with Crippen molar-refractivity contribution in [1.29, 1.82) is 10.7 Å². The van der Waals surface area contributed by atoms with Crippen LogP contribution in [0.5, 0.6) is 0 Å². The standard InChI is InChI=1S/C9H9N5O6S2/c10-4-7(9(11)12)14-13-6-3-5(21(15,16)17)1-2-8(6)22(18,19)20/h1-3,13H,(H3,11,12)(H,15,16,17)(H,18,19,20)/b14-7+. The van der Waals surface area contributed by atoms with Crippen LogP contribution in [0.15, 0.2) is 33.1 Å². The SMILES string of the molecule is N#C/C(=N\Nc1cc(S(=O)(=O)O)ccc1S(=O)(=O)O)C(=N)N. The molecule has 0 fully saturated rings. The van der Waals surface area contributed by atoms with Gasteiger partial charge in [0.25, 0.3) is 20.2 Å². The largest absolute Gasteiger partial charge is 0.382 e. The number of hydrazone groups is 1. The Morgan fingerprint density at radius 2 is 1.86 bits per heavy atom. The fraction of sp³-hybridized carbons (Fsp3) is 0. The lowest BCUT2D eigenvalue weighted by atomic mass is 10.3. The van der Waals surface area contributed by atoms with Crippen molar-refractivity contribution in [1.82, 2.24) is 0 Å². The van der Waals surface area contributed by atoms with E-state index in [4.69, 9.17) is 25.5 Å². The fourth-order valence-corrected chi connectivity index (χ4v) is 2.37. The molecule has 0 bridgehead atoms. The van der Waals surface area contributed by atoms with Crippen LogP contribution in [0.3, 0.4) is 0 Å². The Labute approximate surface area is 125 Å². The highest BCUT2D eigenvalue weighted by atomic mass is 32.2. The first-order chi connectivity index (χ1) is 9.96. The van der Waals surface area contributed by atoms with Crippen LogP contribution in [0.1, 0.15) is 0 Å². The highest BCUT2D eigenvalue weighted by Crippen LogP contribution is 2.25. The number of nitrogens with zero attached hydrogens (tertiary/aromatic N) is 2. The highest BCUT2D eigenvalue weighted by molar-refractivity contribution is 7.86. The summed E-state index contributed by atoms with van der Waals surface area (Å²) >= 11 is 0. The summed E-state index contributed by atoms with van der Waals surface area (Å²) in [6.45, 7) is 0. The molecule has 118 valence electrons. The predicted octanol–water partition coefficient (Wildman–Crippen LogP) is -0.593. The molecule has 0 amide bonds. The molecule has 0 radical (unpaired) electrons. The number of benzene rings is 1. The van der Waals surface area contributed by atoms with Gasteiger partial charge in [-0.2, -0.15) is 27.2 Å². The molecule has 0 aliphatic carbocycles. The zero-order chi connectivity index (χ0) is 17.1. The Bertz CT molecular complexity index is 897. The van der Waals surface area contributed by atoms with E-state index >= 15 is 0 Å². The third-order valence-electron chi connectivity index (χ3n) is 2.18. The molecule has 0 spiro atoms. The van der Waals surface area contributed by atoms with Crippen LogP contribution >= 0.6 is 0 Å². The fourth-order valence-electron chi connectivity index (χ4n) is 1.24. The number of nitrogens with two attached hydrogens (primary N) is 1. The highest BCUT2D eigenvalue weighted by Gasteiger charge is 2.19.